The van der Waals surface area contributed by atoms with Crippen LogP contribution in [0.15, 0.2) is 47.1 Å². The number of rotatable bonds is 5. The number of carbonyl (C=O) groups is 1. The van der Waals surface area contributed by atoms with Crippen LogP contribution in [0.3, 0.4) is 0 Å². The minimum atomic E-state index is -0.0813. The molecule has 0 unspecified atom stereocenters. The van der Waals surface area contributed by atoms with E-state index in [2.05, 4.69) is 32.3 Å². The first-order valence-corrected chi connectivity index (χ1v) is 9.18. The molecule has 7 nitrogen and oxygen atoms in total. The lowest BCUT2D eigenvalue weighted by atomic mass is 10.1. The van der Waals surface area contributed by atoms with E-state index < -0.39 is 0 Å². The average molecular weight is 365 g/mol. The van der Waals surface area contributed by atoms with Gasteiger partial charge in [-0.05, 0) is 25.2 Å². The summed E-state index contributed by atoms with van der Waals surface area (Å²) in [5.74, 6) is 0.875. The molecule has 27 heavy (non-hydrogen) atoms. The first-order chi connectivity index (χ1) is 13.2. The molecule has 1 aliphatic heterocycles. The molecule has 1 fully saturated rings. The molecule has 0 atom stereocenters. The number of piperazine rings is 1. The summed E-state index contributed by atoms with van der Waals surface area (Å²) in [4.78, 5) is 21.6. The molecule has 1 aliphatic rings. The van der Waals surface area contributed by atoms with E-state index >= 15 is 0 Å². The Morgan fingerprint density at radius 2 is 1.96 bits per heavy atom. The highest BCUT2D eigenvalue weighted by Gasteiger charge is 2.18. The second-order valence-corrected chi connectivity index (χ2v) is 6.86. The van der Waals surface area contributed by atoms with Gasteiger partial charge in [0.2, 0.25) is 5.91 Å². The number of pyridine rings is 1. The van der Waals surface area contributed by atoms with Gasteiger partial charge in [0.25, 0.3) is 0 Å². The van der Waals surface area contributed by atoms with Gasteiger partial charge in [0.1, 0.15) is 11.5 Å². The number of aromatic nitrogens is 2. The first kappa shape index (κ1) is 17.5. The molecule has 4 rings (SSSR count). The summed E-state index contributed by atoms with van der Waals surface area (Å²) < 4.78 is 5.27. The lowest BCUT2D eigenvalue weighted by Gasteiger charge is -2.34. The Kier molecular flexibility index (Phi) is 5.02. The summed E-state index contributed by atoms with van der Waals surface area (Å²) in [6.07, 6.45) is 2.00. The second kappa shape index (κ2) is 7.75. The largest absolute Gasteiger partial charge is 0.356 e. The van der Waals surface area contributed by atoms with Crippen molar-refractivity contribution < 1.29 is 9.32 Å². The van der Waals surface area contributed by atoms with Crippen LogP contribution in [0.4, 0.5) is 5.82 Å². The number of nitrogens with one attached hydrogen (secondary N) is 1. The maximum absolute atomic E-state index is 12.4. The fourth-order valence-electron chi connectivity index (χ4n) is 3.35. The van der Waals surface area contributed by atoms with Gasteiger partial charge in [-0.2, -0.15) is 0 Å². The van der Waals surface area contributed by atoms with Crippen LogP contribution in [0.2, 0.25) is 0 Å². The Hall–Kier alpha value is -2.93. The van der Waals surface area contributed by atoms with E-state index in [0.29, 0.717) is 17.8 Å². The number of para-hydroxylation sites is 1. The van der Waals surface area contributed by atoms with Crippen molar-refractivity contribution in [3.63, 3.8) is 0 Å². The predicted molar refractivity (Wildman–Crippen MR) is 104 cm³/mol. The minimum Gasteiger partial charge on any atom is -0.356 e. The minimum absolute atomic E-state index is 0.0813. The summed E-state index contributed by atoms with van der Waals surface area (Å²) in [6.45, 7) is 4.37. The SMILES string of the molecule is CN1CCN(c2ncccc2CNC(=O)Cc2noc3ccccc23)CC1. The van der Waals surface area contributed by atoms with Crippen molar-refractivity contribution in [3.8, 4) is 0 Å². The number of anilines is 1. The molecule has 0 saturated carbocycles. The summed E-state index contributed by atoms with van der Waals surface area (Å²) >= 11 is 0. The van der Waals surface area contributed by atoms with Crippen molar-refractivity contribution in [2.45, 2.75) is 13.0 Å². The van der Waals surface area contributed by atoms with Gasteiger partial charge in [-0.3, -0.25) is 4.79 Å². The van der Waals surface area contributed by atoms with E-state index in [1.54, 1.807) is 6.20 Å². The second-order valence-electron chi connectivity index (χ2n) is 6.86. The number of nitrogens with zero attached hydrogens (tertiary/aromatic N) is 4. The molecule has 1 saturated heterocycles. The van der Waals surface area contributed by atoms with Crippen LogP contribution in [0.5, 0.6) is 0 Å². The van der Waals surface area contributed by atoms with Gasteiger partial charge in [0.05, 0.1) is 6.42 Å². The predicted octanol–water partition coefficient (Wildman–Crippen LogP) is 1.83. The number of benzene rings is 1. The molecule has 3 heterocycles. The van der Waals surface area contributed by atoms with E-state index in [4.69, 9.17) is 4.52 Å². The summed E-state index contributed by atoms with van der Waals surface area (Å²) in [5.41, 5.74) is 2.39. The molecule has 0 spiro atoms. The molecule has 1 aromatic carbocycles. The van der Waals surface area contributed by atoms with Crippen LogP contribution >= 0.6 is 0 Å². The van der Waals surface area contributed by atoms with Gasteiger partial charge in [0.15, 0.2) is 5.58 Å². The normalized spacial score (nSPS) is 15.2. The fourth-order valence-corrected chi connectivity index (χ4v) is 3.35. The monoisotopic (exact) mass is 365 g/mol. The molecule has 0 radical (unpaired) electrons. The molecule has 2 aromatic heterocycles. The molecule has 1 amide bonds. The third kappa shape index (κ3) is 3.93. The Morgan fingerprint density at radius 3 is 2.81 bits per heavy atom. The van der Waals surface area contributed by atoms with Gasteiger partial charge < -0.3 is 19.6 Å². The van der Waals surface area contributed by atoms with Crippen molar-refractivity contribution in [3.05, 3.63) is 53.9 Å². The zero-order valence-electron chi connectivity index (χ0n) is 15.4. The fraction of sp³-hybridized carbons (Fsp3) is 0.350. The Labute approximate surface area is 157 Å². The van der Waals surface area contributed by atoms with Crippen LogP contribution in [-0.4, -0.2) is 54.2 Å². The lowest BCUT2D eigenvalue weighted by Crippen LogP contribution is -2.45. The highest BCUT2D eigenvalue weighted by molar-refractivity contribution is 5.86. The number of hydrogen-bond acceptors (Lipinski definition) is 6. The van der Waals surface area contributed by atoms with Crippen molar-refractivity contribution >= 4 is 22.7 Å². The number of likely N-dealkylation sites (N-methyl/N-ethyl adjacent to an activating group) is 1. The Bertz CT molecular complexity index is 931. The maximum atomic E-state index is 12.4. The van der Waals surface area contributed by atoms with E-state index in [0.717, 1.165) is 42.9 Å². The summed E-state index contributed by atoms with van der Waals surface area (Å²) in [6, 6.07) is 11.5. The van der Waals surface area contributed by atoms with E-state index in [-0.39, 0.29) is 12.3 Å². The maximum Gasteiger partial charge on any atom is 0.226 e. The van der Waals surface area contributed by atoms with E-state index in [9.17, 15) is 4.79 Å². The average Bonchev–Trinajstić information content (AvgIpc) is 3.10. The number of carbonyl (C=O) groups excluding carboxylic acids is 1. The highest BCUT2D eigenvalue weighted by Crippen LogP contribution is 2.20. The first-order valence-electron chi connectivity index (χ1n) is 9.18. The third-order valence-corrected chi connectivity index (χ3v) is 4.93. The smallest absolute Gasteiger partial charge is 0.226 e. The zero-order valence-corrected chi connectivity index (χ0v) is 15.4. The molecular formula is C20H23N5O2. The van der Waals surface area contributed by atoms with Crippen LogP contribution in [0, 0.1) is 0 Å². The summed E-state index contributed by atoms with van der Waals surface area (Å²) in [5, 5.41) is 7.90. The number of fused-ring (bicyclic) bond motifs is 1. The third-order valence-electron chi connectivity index (χ3n) is 4.93. The van der Waals surface area contributed by atoms with Gasteiger partial charge in [-0.25, -0.2) is 4.98 Å². The van der Waals surface area contributed by atoms with Gasteiger partial charge in [-0.15, -0.1) is 0 Å². The zero-order chi connectivity index (χ0) is 18.6. The van der Waals surface area contributed by atoms with Crippen LogP contribution in [0.1, 0.15) is 11.3 Å². The van der Waals surface area contributed by atoms with Gasteiger partial charge in [-0.1, -0.05) is 23.4 Å². The molecule has 7 heteroatoms. The van der Waals surface area contributed by atoms with Crippen molar-refractivity contribution in [2.75, 3.05) is 38.1 Å². The van der Waals surface area contributed by atoms with E-state index in [1.807, 2.05) is 36.4 Å². The Balaban J connectivity index is 1.40. The molecular weight excluding hydrogens is 342 g/mol. The van der Waals surface area contributed by atoms with Gasteiger partial charge >= 0.3 is 0 Å². The van der Waals surface area contributed by atoms with Crippen molar-refractivity contribution in [2.24, 2.45) is 0 Å². The van der Waals surface area contributed by atoms with Crippen molar-refractivity contribution in [1.29, 1.82) is 0 Å². The quantitative estimate of drug-likeness (QED) is 0.744. The van der Waals surface area contributed by atoms with Crippen molar-refractivity contribution in [1.82, 2.24) is 20.4 Å². The number of hydrogen-bond donors (Lipinski definition) is 1. The van der Waals surface area contributed by atoms with Crippen LogP contribution in [0.25, 0.3) is 11.0 Å². The summed E-state index contributed by atoms with van der Waals surface area (Å²) in [7, 11) is 2.13. The molecule has 3 aromatic rings. The van der Waals surface area contributed by atoms with E-state index in [1.165, 1.54) is 0 Å². The van der Waals surface area contributed by atoms with Gasteiger partial charge in [0, 0.05) is 49.9 Å². The number of amides is 1. The standard InChI is InChI=1S/C20H23N5O2/c1-24-9-11-25(12-10-24)20-15(5-4-8-21-20)14-22-19(26)13-17-16-6-2-3-7-18(16)27-23-17/h2-8H,9-14H2,1H3,(H,22,26). The highest BCUT2D eigenvalue weighted by atomic mass is 16.5. The molecule has 140 valence electrons. The lowest BCUT2D eigenvalue weighted by molar-refractivity contribution is -0.120. The molecule has 0 bridgehead atoms. The molecule has 1 N–H and O–H groups in total. The molecule has 0 aliphatic carbocycles. The van der Waals surface area contributed by atoms with Crippen LogP contribution < -0.4 is 10.2 Å². The Morgan fingerprint density at radius 1 is 1.15 bits per heavy atom. The van der Waals surface area contributed by atoms with Crippen LogP contribution in [-0.2, 0) is 17.8 Å². The topological polar surface area (TPSA) is 74.5 Å².